The predicted molar refractivity (Wildman–Crippen MR) is 68.4 cm³/mol. The first-order valence-electron chi connectivity index (χ1n) is 6.88. The highest BCUT2D eigenvalue weighted by Gasteiger charge is 2.30. The van der Waals surface area contributed by atoms with Gasteiger partial charge in [0, 0.05) is 13.7 Å². The summed E-state index contributed by atoms with van der Waals surface area (Å²) >= 11 is 0. The summed E-state index contributed by atoms with van der Waals surface area (Å²) in [6.07, 6.45) is 3.30. The van der Waals surface area contributed by atoms with Gasteiger partial charge in [0.15, 0.2) is 0 Å². The molecule has 0 spiro atoms. The van der Waals surface area contributed by atoms with Crippen molar-refractivity contribution in [3.63, 3.8) is 0 Å². The Hall–Kier alpha value is -0.650. The SMILES string of the molecule is CC1OCCC1N(C)C(=O)COC1CCNCC1. The van der Waals surface area contributed by atoms with Crippen LogP contribution in [0.3, 0.4) is 0 Å². The maximum atomic E-state index is 12.0. The largest absolute Gasteiger partial charge is 0.376 e. The third kappa shape index (κ3) is 3.43. The van der Waals surface area contributed by atoms with Crippen LogP contribution in [0.4, 0.5) is 0 Å². The number of piperidine rings is 1. The lowest BCUT2D eigenvalue weighted by atomic mass is 10.1. The van der Waals surface area contributed by atoms with E-state index in [1.54, 1.807) is 4.90 Å². The summed E-state index contributed by atoms with van der Waals surface area (Å²) in [5, 5.41) is 3.28. The van der Waals surface area contributed by atoms with Crippen molar-refractivity contribution >= 4 is 5.91 Å². The Kier molecular flexibility index (Phi) is 4.97. The number of hydrogen-bond donors (Lipinski definition) is 1. The highest BCUT2D eigenvalue weighted by Crippen LogP contribution is 2.18. The summed E-state index contributed by atoms with van der Waals surface area (Å²) in [7, 11) is 1.85. The lowest BCUT2D eigenvalue weighted by Gasteiger charge is -2.28. The molecule has 2 atom stereocenters. The second-order valence-electron chi connectivity index (χ2n) is 5.20. The number of likely N-dealkylation sites (N-methyl/N-ethyl adjacent to an activating group) is 1. The van der Waals surface area contributed by atoms with Crippen LogP contribution in [0.15, 0.2) is 0 Å². The van der Waals surface area contributed by atoms with Gasteiger partial charge in [-0.25, -0.2) is 0 Å². The summed E-state index contributed by atoms with van der Waals surface area (Å²) in [6.45, 7) is 4.95. The van der Waals surface area contributed by atoms with Gasteiger partial charge in [-0.05, 0) is 39.3 Å². The molecule has 1 amide bonds. The van der Waals surface area contributed by atoms with Gasteiger partial charge in [-0.15, -0.1) is 0 Å². The van der Waals surface area contributed by atoms with Crippen LogP contribution < -0.4 is 5.32 Å². The maximum absolute atomic E-state index is 12.0. The van der Waals surface area contributed by atoms with Crippen molar-refractivity contribution in [1.29, 1.82) is 0 Å². The number of rotatable bonds is 4. The van der Waals surface area contributed by atoms with Crippen LogP contribution in [0.25, 0.3) is 0 Å². The molecular weight excluding hydrogens is 232 g/mol. The van der Waals surface area contributed by atoms with E-state index in [9.17, 15) is 4.79 Å². The maximum Gasteiger partial charge on any atom is 0.248 e. The zero-order valence-corrected chi connectivity index (χ0v) is 11.4. The third-order valence-corrected chi connectivity index (χ3v) is 3.96. The second kappa shape index (κ2) is 6.50. The molecule has 18 heavy (non-hydrogen) atoms. The highest BCUT2D eigenvalue weighted by molar-refractivity contribution is 5.77. The molecule has 0 aromatic heterocycles. The molecule has 2 aliphatic heterocycles. The number of ether oxygens (including phenoxy) is 2. The van der Waals surface area contributed by atoms with Crippen molar-refractivity contribution in [2.75, 3.05) is 33.4 Å². The molecule has 0 radical (unpaired) electrons. The van der Waals surface area contributed by atoms with Crippen molar-refractivity contribution in [2.24, 2.45) is 0 Å². The quantitative estimate of drug-likeness (QED) is 0.790. The van der Waals surface area contributed by atoms with Gasteiger partial charge in [-0.3, -0.25) is 4.79 Å². The van der Waals surface area contributed by atoms with E-state index in [2.05, 4.69) is 5.32 Å². The van der Waals surface area contributed by atoms with Gasteiger partial charge in [0.05, 0.1) is 18.2 Å². The molecule has 2 fully saturated rings. The Bertz CT molecular complexity index is 279. The van der Waals surface area contributed by atoms with Gasteiger partial charge < -0.3 is 19.7 Å². The number of nitrogens with zero attached hydrogens (tertiary/aromatic N) is 1. The molecule has 2 heterocycles. The Balaban J connectivity index is 1.73. The zero-order chi connectivity index (χ0) is 13.0. The molecule has 2 aliphatic rings. The van der Waals surface area contributed by atoms with Crippen molar-refractivity contribution in [3.05, 3.63) is 0 Å². The first kappa shape index (κ1) is 13.8. The third-order valence-electron chi connectivity index (χ3n) is 3.96. The Morgan fingerprint density at radius 3 is 2.72 bits per heavy atom. The van der Waals surface area contributed by atoms with Gasteiger partial charge in [-0.1, -0.05) is 0 Å². The molecule has 0 saturated carbocycles. The summed E-state index contributed by atoms with van der Waals surface area (Å²) in [5.41, 5.74) is 0. The Morgan fingerprint density at radius 2 is 2.11 bits per heavy atom. The zero-order valence-electron chi connectivity index (χ0n) is 11.4. The molecular formula is C13H24N2O3. The average Bonchev–Trinajstić information content (AvgIpc) is 2.82. The molecule has 2 saturated heterocycles. The van der Waals surface area contributed by atoms with Gasteiger partial charge in [0.25, 0.3) is 0 Å². The van der Waals surface area contributed by atoms with Crippen LogP contribution >= 0.6 is 0 Å². The van der Waals surface area contributed by atoms with Crippen molar-refractivity contribution in [2.45, 2.75) is 44.4 Å². The predicted octanol–water partition coefficient (Wildman–Crippen LogP) is 0.391. The molecule has 5 nitrogen and oxygen atoms in total. The standard InChI is InChI=1S/C13H24N2O3/c1-10-12(5-8-17-10)15(2)13(16)9-18-11-3-6-14-7-4-11/h10-12,14H,3-9H2,1-2H3. The Labute approximate surface area is 109 Å². The van der Waals surface area contributed by atoms with Crippen LogP contribution in [-0.2, 0) is 14.3 Å². The minimum absolute atomic E-state index is 0.0656. The minimum Gasteiger partial charge on any atom is -0.376 e. The van der Waals surface area contributed by atoms with E-state index in [0.717, 1.165) is 39.0 Å². The molecule has 0 aromatic rings. The topological polar surface area (TPSA) is 50.8 Å². The number of nitrogens with one attached hydrogen (secondary N) is 1. The lowest BCUT2D eigenvalue weighted by Crippen LogP contribution is -2.43. The van der Waals surface area contributed by atoms with Crippen molar-refractivity contribution in [1.82, 2.24) is 10.2 Å². The fourth-order valence-corrected chi connectivity index (χ4v) is 2.67. The average molecular weight is 256 g/mol. The summed E-state index contributed by atoms with van der Waals surface area (Å²) in [5.74, 6) is 0.0656. The van der Waals surface area contributed by atoms with Crippen LogP contribution in [0, 0.1) is 0 Å². The van der Waals surface area contributed by atoms with Crippen LogP contribution in [-0.4, -0.2) is 62.4 Å². The molecule has 0 bridgehead atoms. The van der Waals surface area contributed by atoms with E-state index in [1.165, 1.54) is 0 Å². The normalized spacial score (nSPS) is 29.4. The van der Waals surface area contributed by atoms with Crippen LogP contribution in [0.1, 0.15) is 26.2 Å². The first-order chi connectivity index (χ1) is 8.68. The molecule has 104 valence electrons. The minimum atomic E-state index is 0.0656. The number of hydrogen-bond acceptors (Lipinski definition) is 4. The first-order valence-corrected chi connectivity index (χ1v) is 6.88. The van der Waals surface area contributed by atoms with E-state index in [4.69, 9.17) is 9.47 Å². The number of amides is 1. The lowest BCUT2D eigenvalue weighted by molar-refractivity contribution is -0.140. The fraction of sp³-hybridized carbons (Fsp3) is 0.923. The van der Waals surface area contributed by atoms with Gasteiger partial charge in [-0.2, -0.15) is 0 Å². The van der Waals surface area contributed by atoms with E-state index >= 15 is 0 Å². The molecule has 2 unspecified atom stereocenters. The van der Waals surface area contributed by atoms with Crippen LogP contribution in [0.2, 0.25) is 0 Å². The van der Waals surface area contributed by atoms with E-state index in [-0.39, 0.29) is 30.8 Å². The van der Waals surface area contributed by atoms with E-state index in [0.29, 0.717) is 0 Å². The Morgan fingerprint density at radius 1 is 1.39 bits per heavy atom. The fourth-order valence-electron chi connectivity index (χ4n) is 2.67. The molecule has 2 rings (SSSR count). The van der Waals surface area contributed by atoms with E-state index in [1.807, 2.05) is 14.0 Å². The number of carbonyl (C=O) groups is 1. The van der Waals surface area contributed by atoms with Gasteiger partial charge in [0.2, 0.25) is 5.91 Å². The summed E-state index contributed by atoms with van der Waals surface area (Å²) < 4.78 is 11.2. The second-order valence-corrected chi connectivity index (χ2v) is 5.20. The molecule has 5 heteroatoms. The van der Waals surface area contributed by atoms with Gasteiger partial charge in [0.1, 0.15) is 6.61 Å². The molecule has 0 aliphatic carbocycles. The monoisotopic (exact) mass is 256 g/mol. The molecule has 0 aromatic carbocycles. The van der Waals surface area contributed by atoms with Gasteiger partial charge >= 0.3 is 0 Å². The molecule has 1 N–H and O–H groups in total. The van der Waals surface area contributed by atoms with Crippen molar-refractivity contribution < 1.29 is 14.3 Å². The smallest absolute Gasteiger partial charge is 0.248 e. The van der Waals surface area contributed by atoms with Crippen LogP contribution in [0.5, 0.6) is 0 Å². The highest BCUT2D eigenvalue weighted by atomic mass is 16.5. The van der Waals surface area contributed by atoms with Crippen molar-refractivity contribution in [3.8, 4) is 0 Å². The summed E-state index contributed by atoms with van der Waals surface area (Å²) in [6, 6.07) is 0.203. The summed E-state index contributed by atoms with van der Waals surface area (Å²) in [4.78, 5) is 13.8. The van der Waals surface area contributed by atoms with E-state index < -0.39 is 0 Å². The number of carbonyl (C=O) groups excluding carboxylic acids is 1.